The number of nitrogens with zero attached hydrogens (tertiary/aromatic N) is 1. The number of ether oxygens (including phenoxy) is 1. The van der Waals surface area contributed by atoms with E-state index in [4.69, 9.17) is 9.84 Å². The number of carboxylic acids is 1. The highest BCUT2D eigenvalue weighted by atomic mass is 16.6. The van der Waals surface area contributed by atoms with Crippen molar-refractivity contribution in [1.29, 1.82) is 0 Å². The number of benzene rings is 2. The fraction of sp³-hybridized carbons (Fsp3) is 0.333. The summed E-state index contributed by atoms with van der Waals surface area (Å²) in [4.78, 5) is 24.9. The molecule has 0 aliphatic heterocycles. The van der Waals surface area contributed by atoms with Gasteiger partial charge in [-0.2, -0.15) is 0 Å². The van der Waals surface area contributed by atoms with E-state index in [2.05, 4.69) is 12.1 Å². The Hall–Kier alpha value is -2.82. The molecule has 5 nitrogen and oxygen atoms in total. The largest absolute Gasteiger partial charge is 0.480 e. The molecule has 26 heavy (non-hydrogen) atoms. The predicted octanol–water partition coefficient (Wildman–Crippen LogP) is 4.12. The summed E-state index contributed by atoms with van der Waals surface area (Å²) in [5.41, 5.74) is 3.93. The van der Waals surface area contributed by atoms with Gasteiger partial charge in [0.25, 0.3) is 0 Å². The molecule has 1 amide bonds. The molecule has 0 aromatic heterocycles. The summed E-state index contributed by atoms with van der Waals surface area (Å²) in [6.45, 7) is 5.16. The fourth-order valence-corrected chi connectivity index (χ4v) is 3.38. The quantitative estimate of drug-likeness (QED) is 0.898. The molecule has 136 valence electrons. The van der Waals surface area contributed by atoms with Gasteiger partial charge in [-0.15, -0.1) is 0 Å². The lowest BCUT2D eigenvalue weighted by molar-refractivity contribution is -0.139. The molecule has 0 radical (unpaired) electrons. The van der Waals surface area contributed by atoms with Crippen LogP contribution in [0.25, 0.3) is 11.1 Å². The second-order valence-electron chi connectivity index (χ2n) is 7.45. The smallest absolute Gasteiger partial charge is 0.410 e. The van der Waals surface area contributed by atoms with Crippen molar-refractivity contribution in [2.75, 3.05) is 13.2 Å². The SMILES string of the molecule is CC(C)(C)N(CC(=O)O)C(=O)OCC1c2ccccc2-c2ccccc21. The number of carboxylic acid groups (broad SMARTS) is 1. The maximum absolute atomic E-state index is 12.5. The zero-order valence-electron chi connectivity index (χ0n) is 15.2. The molecule has 0 heterocycles. The summed E-state index contributed by atoms with van der Waals surface area (Å²) < 4.78 is 5.55. The lowest BCUT2D eigenvalue weighted by Gasteiger charge is -2.33. The molecule has 1 aliphatic rings. The molecule has 5 heteroatoms. The summed E-state index contributed by atoms with van der Waals surface area (Å²) in [5, 5.41) is 9.09. The number of hydrogen-bond acceptors (Lipinski definition) is 3. The minimum Gasteiger partial charge on any atom is -0.480 e. The van der Waals surface area contributed by atoms with E-state index in [9.17, 15) is 9.59 Å². The normalized spacial score (nSPS) is 13.0. The molecule has 0 unspecified atom stereocenters. The average Bonchev–Trinajstić information content (AvgIpc) is 2.90. The molecular formula is C21H23NO4. The van der Waals surface area contributed by atoms with E-state index >= 15 is 0 Å². The average molecular weight is 353 g/mol. The molecule has 2 aromatic carbocycles. The molecule has 1 N–H and O–H groups in total. The third-order valence-corrected chi connectivity index (χ3v) is 4.66. The van der Waals surface area contributed by atoms with E-state index in [0.29, 0.717) is 0 Å². The highest BCUT2D eigenvalue weighted by Gasteiger charge is 2.33. The zero-order chi connectivity index (χ0) is 18.9. The van der Waals surface area contributed by atoms with Gasteiger partial charge in [-0.3, -0.25) is 9.69 Å². The topological polar surface area (TPSA) is 66.8 Å². The minimum absolute atomic E-state index is 0.0435. The van der Waals surface area contributed by atoms with Gasteiger partial charge in [-0.05, 0) is 43.0 Å². The van der Waals surface area contributed by atoms with E-state index in [1.165, 1.54) is 4.90 Å². The maximum Gasteiger partial charge on any atom is 0.410 e. The lowest BCUT2D eigenvalue weighted by atomic mass is 9.98. The van der Waals surface area contributed by atoms with Crippen molar-refractivity contribution in [2.45, 2.75) is 32.2 Å². The van der Waals surface area contributed by atoms with Gasteiger partial charge in [-0.25, -0.2) is 4.79 Å². The second-order valence-corrected chi connectivity index (χ2v) is 7.45. The van der Waals surface area contributed by atoms with Gasteiger partial charge in [0.2, 0.25) is 0 Å². The van der Waals surface area contributed by atoms with Crippen LogP contribution in [0.3, 0.4) is 0 Å². The Labute approximate surface area is 153 Å². The van der Waals surface area contributed by atoms with Gasteiger partial charge >= 0.3 is 12.1 Å². The molecule has 2 aromatic rings. The number of hydrogen-bond donors (Lipinski definition) is 1. The summed E-state index contributed by atoms with van der Waals surface area (Å²) in [7, 11) is 0. The Balaban J connectivity index is 1.81. The first-order chi connectivity index (χ1) is 12.3. The van der Waals surface area contributed by atoms with Crippen molar-refractivity contribution < 1.29 is 19.4 Å². The Morgan fingerprint density at radius 3 is 1.96 bits per heavy atom. The highest BCUT2D eigenvalue weighted by Crippen LogP contribution is 2.44. The standard InChI is InChI=1S/C21H23NO4/c1-21(2,3)22(12-19(23)24)20(25)26-13-18-16-10-6-4-8-14(16)15-9-5-7-11-17(15)18/h4-11,18H,12-13H2,1-3H3,(H,23,24). The molecule has 0 spiro atoms. The number of carbonyl (C=O) groups is 2. The van der Waals surface area contributed by atoms with Crippen LogP contribution in [0.1, 0.15) is 37.8 Å². The molecule has 0 saturated heterocycles. The first-order valence-corrected chi connectivity index (χ1v) is 8.63. The van der Waals surface area contributed by atoms with E-state index in [0.717, 1.165) is 22.3 Å². The third-order valence-electron chi connectivity index (χ3n) is 4.66. The van der Waals surface area contributed by atoms with Crippen molar-refractivity contribution in [3.8, 4) is 11.1 Å². The second kappa shape index (κ2) is 6.83. The van der Waals surface area contributed by atoms with Crippen molar-refractivity contribution >= 4 is 12.1 Å². The molecule has 3 rings (SSSR count). The van der Waals surface area contributed by atoms with E-state index in [1.54, 1.807) is 20.8 Å². The molecular weight excluding hydrogens is 330 g/mol. The van der Waals surface area contributed by atoms with Crippen LogP contribution in [0, 0.1) is 0 Å². The minimum atomic E-state index is -1.06. The number of amides is 1. The Morgan fingerprint density at radius 2 is 1.50 bits per heavy atom. The summed E-state index contributed by atoms with van der Waals surface area (Å²) in [6.07, 6.45) is -0.609. The van der Waals surface area contributed by atoms with Crippen LogP contribution < -0.4 is 0 Å². The molecule has 0 saturated carbocycles. The van der Waals surface area contributed by atoms with Crippen LogP contribution >= 0.6 is 0 Å². The monoisotopic (exact) mass is 353 g/mol. The van der Waals surface area contributed by atoms with Gasteiger partial charge < -0.3 is 9.84 Å². The number of rotatable bonds is 4. The lowest BCUT2D eigenvalue weighted by Crippen LogP contribution is -2.48. The van der Waals surface area contributed by atoms with Crippen LogP contribution in [-0.2, 0) is 9.53 Å². The zero-order valence-corrected chi connectivity index (χ0v) is 15.2. The van der Waals surface area contributed by atoms with Gasteiger partial charge in [0, 0.05) is 11.5 Å². The van der Waals surface area contributed by atoms with Gasteiger partial charge in [-0.1, -0.05) is 48.5 Å². The fourth-order valence-electron chi connectivity index (χ4n) is 3.38. The molecule has 0 atom stereocenters. The van der Waals surface area contributed by atoms with Gasteiger partial charge in [0.1, 0.15) is 13.2 Å². The third kappa shape index (κ3) is 3.43. The molecule has 0 fully saturated rings. The summed E-state index contributed by atoms with van der Waals surface area (Å²) in [5.74, 6) is -1.11. The van der Waals surface area contributed by atoms with Crippen LogP contribution in [0.15, 0.2) is 48.5 Å². The van der Waals surface area contributed by atoms with Crippen molar-refractivity contribution in [3.63, 3.8) is 0 Å². The van der Waals surface area contributed by atoms with Crippen molar-refractivity contribution in [3.05, 3.63) is 59.7 Å². The van der Waals surface area contributed by atoms with E-state index < -0.39 is 17.6 Å². The van der Waals surface area contributed by atoms with Crippen LogP contribution in [0.5, 0.6) is 0 Å². The number of aliphatic carboxylic acids is 1. The Morgan fingerprint density at radius 1 is 1.00 bits per heavy atom. The number of fused-ring (bicyclic) bond motifs is 3. The van der Waals surface area contributed by atoms with Crippen LogP contribution in [0.4, 0.5) is 4.79 Å². The molecule has 1 aliphatic carbocycles. The maximum atomic E-state index is 12.5. The van der Waals surface area contributed by atoms with Crippen LogP contribution in [-0.4, -0.2) is 40.8 Å². The highest BCUT2D eigenvalue weighted by molar-refractivity contribution is 5.80. The Bertz CT molecular complexity index is 792. The molecule has 0 bridgehead atoms. The number of carbonyl (C=O) groups excluding carboxylic acids is 1. The van der Waals surface area contributed by atoms with Gasteiger partial charge in [0.15, 0.2) is 0 Å². The summed E-state index contributed by atoms with van der Waals surface area (Å²) >= 11 is 0. The van der Waals surface area contributed by atoms with Crippen LogP contribution in [0.2, 0.25) is 0 Å². The Kier molecular flexibility index (Phi) is 4.72. The first-order valence-electron chi connectivity index (χ1n) is 8.63. The van der Waals surface area contributed by atoms with E-state index in [-0.39, 0.29) is 19.1 Å². The first kappa shape index (κ1) is 18.0. The van der Waals surface area contributed by atoms with Crippen molar-refractivity contribution in [1.82, 2.24) is 4.90 Å². The van der Waals surface area contributed by atoms with Crippen molar-refractivity contribution in [2.24, 2.45) is 0 Å². The van der Waals surface area contributed by atoms with Gasteiger partial charge in [0.05, 0.1) is 0 Å². The predicted molar refractivity (Wildman–Crippen MR) is 99.2 cm³/mol. The summed E-state index contributed by atoms with van der Waals surface area (Å²) in [6, 6.07) is 16.2. The van der Waals surface area contributed by atoms with E-state index in [1.807, 2.05) is 36.4 Å².